The van der Waals surface area contributed by atoms with Crippen molar-refractivity contribution in [3.05, 3.63) is 83.9 Å². The summed E-state index contributed by atoms with van der Waals surface area (Å²) in [7, 11) is 0. The summed E-state index contributed by atoms with van der Waals surface area (Å²) in [6.07, 6.45) is 0. The van der Waals surface area contributed by atoms with Gasteiger partial charge in [0.15, 0.2) is 0 Å². The zero-order valence-corrected chi connectivity index (χ0v) is 14.9. The number of hydrogen-bond donors (Lipinski definition) is 0. The fourth-order valence-corrected chi connectivity index (χ4v) is 3.39. The van der Waals surface area contributed by atoms with Gasteiger partial charge in [-0.3, -0.25) is 4.57 Å². The van der Waals surface area contributed by atoms with Gasteiger partial charge in [-0.15, -0.1) is 0 Å². The number of fused-ring (bicyclic) bond motifs is 1. The molecule has 0 N–H and O–H groups in total. The molecule has 2 heteroatoms. The highest BCUT2D eigenvalue weighted by Gasteiger charge is 2.17. The molecule has 0 aliphatic carbocycles. The van der Waals surface area contributed by atoms with Gasteiger partial charge in [0.1, 0.15) is 5.82 Å². The first kappa shape index (κ1) is 15.6. The second-order valence-corrected chi connectivity index (χ2v) is 6.84. The van der Waals surface area contributed by atoms with Gasteiger partial charge >= 0.3 is 0 Å². The third kappa shape index (κ3) is 2.74. The highest BCUT2D eigenvalue weighted by atomic mass is 15.1. The lowest BCUT2D eigenvalue weighted by atomic mass is 10.0. The van der Waals surface area contributed by atoms with Crippen LogP contribution >= 0.6 is 0 Å². The summed E-state index contributed by atoms with van der Waals surface area (Å²) in [6, 6.07) is 25.6. The first-order valence-electron chi connectivity index (χ1n) is 8.79. The smallest absolute Gasteiger partial charge is 0.145 e. The minimum atomic E-state index is 0.447. The first-order chi connectivity index (χ1) is 12.1. The van der Waals surface area contributed by atoms with Crippen LogP contribution in [-0.4, -0.2) is 9.55 Å². The van der Waals surface area contributed by atoms with Crippen LogP contribution in [0.2, 0.25) is 0 Å². The van der Waals surface area contributed by atoms with E-state index in [9.17, 15) is 0 Å². The molecule has 1 heterocycles. The molecule has 0 radical (unpaired) electrons. The van der Waals surface area contributed by atoms with Crippen molar-refractivity contribution in [2.45, 2.75) is 26.7 Å². The second-order valence-electron chi connectivity index (χ2n) is 6.84. The third-order valence-corrected chi connectivity index (χ3v) is 4.64. The fourth-order valence-electron chi connectivity index (χ4n) is 3.39. The van der Waals surface area contributed by atoms with Crippen molar-refractivity contribution in [3.8, 4) is 17.1 Å². The number of aryl methyl sites for hydroxylation is 1. The van der Waals surface area contributed by atoms with E-state index < -0.39 is 0 Å². The van der Waals surface area contributed by atoms with E-state index in [1.807, 2.05) is 6.07 Å². The van der Waals surface area contributed by atoms with E-state index >= 15 is 0 Å². The third-order valence-electron chi connectivity index (χ3n) is 4.64. The van der Waals surface area contributed by atoms with E-state index in [2.05, 4.69) is 92.1 Å². The van der Waals surface area contributed by atoms with Gasteiger partial charge in [0.2, 0.25) is 0 Å². The van der Waals surface area contributed by atoms with E-state index in [1.54, 1.807) is 0 Å². The Morgan fingerprint density at radius 1 is 0.840 bits per heavy atom. The van der Waals surface area contributed by atoms with Crippen molar-refractivity contribution in [1.82, 2.24) is 9.55 Å². The zero-order valence-electron chi connectivity index (χ0n) is 14.9. The van der Waals surface area contributed by atoms with E-state index in [-0.39, 0.29) is 0 Å². The molecule has 3 aromatic carbocycles. The van der Waals surface area contributed by atoms with Gasteiger partial charge in [0.05, 0.1) is 16.7 Å². The van der Waals surface area contributed by atoms with Crippen molar-refractivity contribution < 1.29 is 0 Å². The Hall–Kier alpha value is -2.87. The average molecular weight is 326 g/mol. The lowest BCUT2D eigenvalue weighted by Crippen LogP contribution is -2.03. The number of para-hydroxylation sites is 1. The molecule has 0 atom stereocenters. The largest absolute Gasteiger partial charge is 0.292 e. The quantitative estimate of drug-likeness (QED) is 0.443. The van der Waals surface area contributed by atoms with E-state index in [0.717, 1.165) is 22.4 Å². The molecule has 0 unspecified atom stereocenters. The molecule has 0 aliphatic heterocycles. The van der Waals surface area contributed by atoms with Crippen LogP contribution in [0.4, 0.5) is 0 Å². The molecule has 25 heavy (non-hydrogen) atoms. The summed E-state index contributed by atoms with van der Waals surface area (Å²) in [6.45, 7) is 6.59. The Kier molecular flexibility index (Phi) is 3.89. The molecule has 1 aromatic heterocycles. The monoisotopic (exact) mass is 326 g/mol. The second kappa shape index (κ2) is 6.21. The van der Waals surface area contributed by atoms with Crippen LogP contribution in [0.3, 0.4) is 0 Å². The van der Waals surface area contributed by atoms with Crippen LogP contribution in [-0.2, 0) is 0 Å². The summed E-state index contributed by atoms with van der Waals surface area (Å²) in [4.78, 5) is 4.98. The topological polar surface area (TPSA) is 17.8 Å². The van der Waals surface area contributed by atoms with Crippen LogP contribution in [0.15, 0.2) is 72.8 Å². The average Bonchev–Trinajstić information content (AvgIpc) is 3.00. The molecule has 0 fully saturated rings. The molecule has 0 saturated carbocycles. The number of rotatable bonds is 3. The molecule has 124 valence electrons. The van der Waals surface area contributed by atoms with Crippen LogP contribution in [0, 0.1) is 6.92 Å². The summed E-state index contributed by atoms with van der Waals surface area (Å²) in [5.74, 6) is 1.44. The molecule has 2 nitrogen and oxygen atoms in total. The fraction of sp³-hybridized carbons (Fsp3) is 0.174. The van der Waals surface area contributed by atoms with Crippen LogP contribution in [0.5, 0.6) is 0 Å². The first-order valence-corrected chi connectivity index (χ1v) is 8.79. The maximum absolute atomic E-state index is 4.98. The number of hydrogen-bond acceptors (Lipinski definition) is 1. The molecular weight excluding hydrogens is 304 g/mol. The molecule has 0 spiro atoms. The van der Waals surface area contributed by atoms with Gasteiger partial charge in [0, 0.05) is 5.56 Å². The van der Waals surface area contributed by atoms with Gasteiger partial charge in [-0.25, -0.2) is 4.98 Å². The SMILES string of the molecule is Cc1ccc2c(c1)nc(-c1ccccc1)n2-c1ccccc1C(C)C. The maximum Gasteiger partial charge on any atom is 0.145 e. The van der Waals surface area contributed by atoms with E-state index in [4.69, 9.17) is 4.98 Å². The highest BCUT2D eigenvalue weighted by molar-refractivity contribution is 5.84. The zero-order chi connectivity index (χ0) is 17.4. The van der Waals surface area contributed by atoms with E-state index in [1.165, 1.54) is 16.8 Å². The number of aromatic nitrogens is 2. The van der Waals surface area contributed by atoms with Gasteiger partial charge in [-0.05, 0) is 42.2 Å². The van der Waals surface area contributed by atoms with Crippen LogP contribution < -0.4 is 0 Å². The minimum absolute atomic E-state index is 0.447. The van der Waals surface area contributed by atoms with Crippen LogP contribution in [0.25, 0.3) is 28.1 Å². The van der Waals surface area contributed by atoms with Gasteiger partial charge in [-0.1, -0.05) is 68.4 Å². The van der Waals surface area contributed by atoms with Crippen molar-refractivity contribution in [3.63, 3.8) is 0 Å². The van der Waals surface area contributed by atoms with Crippen molar-refractivity contribution in [2.24, 2.45) is 0 Å². The number of nitrogens with zero attached hydrogens (tertiary/aromatic N) is 2. The lowest BCUT2D eigenvalue weighted by Gasteiger charge is -2.16. The molecule has 4 rings (SSSR count). The number of benzene rings is 3. The highest BCUT2D eigenvalue weighted by Crippen LogP contribution is 2.32. The van der Waals surface area contributed by atoms with Crippen molar-refractivity contribution >= 4 is 11.0 Å². The lowest BCUT2D eigenvalue weighted by molar-refractivity contribution is 0.851. The molecule has 0 saturated heterocycles. The van der Waals surface area contributed by atoms with Crippen LogP contribution in [0.1, 0.15) is 30.9 Å². The molecule has 0 amide bonds. The molecular formula is C23H22N2. The Bertz CT molecular complexity index is 1030. The van der Waals surface area contributed by atoms with Crippen molar-refractivity contribution in [1.29, 1.82) is 0 Å². The Labute approximate surface area is 148 Å². The predicted molar refractivity (Wildman–Crippen MR) is 105 cm³/mol. The van der Waals surface area contributed by atoms with Gasteiger partial charge < -0.3 is 0 Å². The van der Waals surface area contributed by atoms with Gasteiger partial charge in [-0.2, -0.15) is 0 Å². The summed E-state index contributed by atoms with van der Waals surface area (Å²) < 4.78 is 2.30. The molecule has 0 aliphatic rings. The Morgan fingerprint density at radius 3 is 2.32 bits per heavy atom. The van der Waals surface area contributed by atoms with Gasteiger partial charge in [0.25, 0.3) is 0 Å². The summed E-state index contributed by atoms with van der Waals surface area (Å²) in [5, 5.41) is 0. The maximum atomic E-state index is 4.98. The molecule has 4 aromatic rings. The Morgan fingerprint density at radius 2 is 1.56 bits per heavy atom. The number of imidazole rings is 1. The Balaban J connectivity index is 2.09. The minimum Gasteiger partial charge on any atom is -0.292 e. The normalized spacial score (nSPS) is 11.4. The standard InChI is InChI=1S/C23H22N2/c1-16(2)19-11-7-8-12-21(19)25-22-14-13-17(3)15-20(22)24-23(25)18-9-5-4-6-10-18/h4-16H,1-3H3. The van der Waals surface area contributed by atoms with E-state index in [0.29, 0.717) is 5.92 Å². The predicted octanol–water partition coefficient (Wildman–Crippen LogP) is 6.12. The van der Waals surface area contributed by atoms with Crippen molar-refractivity contribution in [2.75, 3.05) is 0 Å². The summed E-state index contributed by atoms with van der Waals surface area (Å²) >= 11 is 0. The summed E-state index contributed by atoms with van der Waals surface area (Å²) in [5.41, 5.74) is 7.10. The molecule has 0 bridgehead atoms.